The van der Waals surface area contributed by atoms with Crippen LogP contribution in [-0.2, 0) is 9.59 Å². The van der Waals surface area contributed by atoms with E-state index in [-0.39, 0.29) is 11.8 Å². The Balaban J connectivity index is 1.38. The highest BCUT2D eigenvalue weighted by molar-refractivity contribution is 5.90. The second-order valence-electron chi connectivity index (χ2n) is 6.98. The predicted molar refractivity (Wildman–Crippen MR) is 78.7 cm³/mol. The molecule has 1 heterocycles. The van der Waals surface area contributed by atoms with Gasteiger partial charge in [-0.25, -0.2) is 0 Å². The van der Waals surface area contributed by atoms with Gasteiger partial charge < -0.3 is 15.2 Å². The molecule has 2 N–H and O–H groups in total. The van der Waals surface area contributed by atoms with Gasteiger partial charge in [0.1, 0.15) is 5.75 Å². The number of carboxylic acid groups (broad SMARTS) is 1. The maximum Gasteiger partial charge on any atom is 0.309 e. The summed E-state index contributed by atoms with van der Waals surface area (Å²) < 4.78 is 5.62. The van der Waals surface area contributed by atoms with Crippen molar-refractivity contribution in [2.24, 2.45) is 10.8 Å². The minimum Gasteiger partial charge on any atom is -0.493 e. The molecule has 1 aliphatic heterocycles. The van der Waals surface area contributed by atoms with Crippen LogP contribution in [0.4, 0.5) is 0 Å². The lowest BCUT2D eigenvalue weighted by atomic mass is 9.60. The zero-order chi connectivity index (χ0) is 15.4. The van der Waals surface area contributed by atoms with E-state index >= 15 is 0 Å². The van der Waals surface area contributed by atoms with Crippen molar-refractivity contribution in [1.82, 2.24) is 5.32 Å². The molecule has 5 rings (SSSR count). The quantitative estimate of drug-likeness (QED) is 0.891. The predicted octanol–water partition coefficient (Wildman–Crippen LogP) is 1.92. The number of para-hydroxylation sites is 1. The fourth-order valence-electron chi connectivity index (χ4n) is 4.41. The van der Waals surface area contributed by atoms with Gasteiger partial charge in [-0.05, 0) is 31.7 Å². The number of carbonyl (C=O) groups is 2. The number of carbonyl (C=O) groups excluding carboxylic acids is 1. The molecule has 0 spiro atoms. The first-order chi connectivity index (χ1) is 10.5. The number of aliphatic carboxylic acids is 1. The number of hydrogen-bond donors (Lipinski definition) is 2. The Hall–Kier alpha value is -2.04. The van der Waals surface area contributed by atoms with Crippen molar-refractivity contribution in [3.63, 3.8) is 0 Å². The summed E-state index contributed by atoms with van der Waals surface area (Å²) in [6, 6.07) is 7.90. The van der Waals surface area contributed by atoms with Crippen LogP contribution in [0.5, 0.6) is 5.75 Å². The Morgan fingerprint density at radius 3 is 2.68 bits per heavy atom. The number of carboxylic acids is 1. The van der Waals surface area contributed by atoms with Crippen LogP contribution in [0.3, 0.4) is 0 Å². The topological polar surface area (TPSA) is 75.6 Å². The molecule has 1 unspecified atom stereocenters. The standard InChI is InChI=1S/C17H19NO4/c19-14(16-5-6-17(9-16,10-16)15(20)21)18-7-11-8-22-13-4-2-1-3-12(11)13/h1-4,11H,5-10H2,(H,18,19)(H,20,21). The van der Waals surface area contributed by atoms with Gasteiger partial charge in [0.2, 0.25) is 5.91 Å². The van der Waals surface area contributed by atoms with Gasteiger partial charge in [0, 0.05) is 18.0 Å². The maximum atomic E-state index is 12.5. The molecular formula is C17H19NO4. The van der Waals surface area contributed by atoms with Gasteiger partial charge in [-0.15, -0.1) is 0 Å². The maximum absolute atomic E-state index is 12.5. The Kier molecular flexibility index (Phi) is 2.77. The average Bonchev–Trinajstić information content (AvgIpc) is 3.16. The van der Waals surface area contributed by atoms with E-state index in [1.807, 2.05) is 24.3 Å². The SMILES string of the molecule is O=C(O)C12CCC(C(=O)NCC3COc4ccccc43)(C1)C2. The first-order valence-corrected chi connectivity index (χ1v) is 7.78. The van der Waals surface area contributed by atoms with Crippen molar-refractivity contribution in [2.75, 3.05) is 13.2 Å². The Labute approximate surface area is 128 Å². The third-order valence-corrected chi connectivity index (χ3v) is 5.68. The Morgan fingerprint density at radius 2 is 1.95 bits per heavy atom. The summed E-state index contributed by atoms with van der Waals surface area (Å²) in [7, 11) is 0. The molecule has 22 heavy (non-hydrogen) atoms. The molecular weight excluding hydrogens is 282 g/mol. The van der Waals surface area contributed by atoms with E-state index in [9.17, 15) is 14.7 Å². The zero-order valence-corrected chi connectivity index (χ0v) is 12.3. The van der Waals surface area contributed by atoms with Crippen molar-refractivity contribution in [1.29, 1.82) is 0 Å². The summed E-state index contributed by atoms with van der Waals surface area (Å²) in [5.74, 6) is 0.356. The summed E-state index contributed by atoms with van der Waals surface area (Å²) in [5, 5.41) is 12.3. The largest absolute Gasteiger partial charge is 0.493 e. The van der Waals surface area contributed by atoms with E-state index in [4.69, 9.17) is 4.74 Å². The zero-order valence-electron chi connectivity index (χ0n) is 12.3. The lowest BCUT2D eigenvalue weighted by molar-refractivity contribution is -0.160. The number of ether oxygens (including phenoxy) is 1. The third kappa shape index (κ3) is 1.77. The third-order valence-electron chi connectivity index (χ3n) is 5.68. The lowest BCUT2D eigenvalue weighted by Crippen LogP contribution is -2.51. The van der Waals surface area contributed by atoms with Gasteiger partial charge in [-0.1, -0.05) is 18.2 Å². The molecule has 0 radical (unpaired) electrons. The van der Waals surface area contributed by atoms with Crippen LogP contribution < -0.4 is 10.1 Å². The molecule has 3 aliphatic carbocycles. The van der Waals surface area contributed by atoms with E-state index in [0.29, 0.717) is 38.8 Å². The summed E-state index contributed by atoms with van der Waals surface area (Å²) in [6.45, 7) is 1.14. The Morgan fingerprint density at radius 1 is 1.23 bits per heavy atom. The number of rotatable bonds is 4. The fraction of sp³-hybridized carbons (Fsp3) is 0.529. The van der Waals surface area contributed by atoms with Crippen LogP contribution in [0.25, 0.3) is 0 Å². The van der Waals surface area contributed by atoms with Crippen molar-refractivity contribution >= 4 is 11.9 Å². The normalized spacial score (nSPS) is 34.5. The van der Waals surface area contributed by atoms with Gasteiger partial charge in [0.25, 0.3) is 0 Å². The molecule has 1 atom stereocenters. The summed E-state index contributed by atoms with van der Waals surface area (Å²) in [4.78, 5) is 23.8. The van der Waals surface area contributed by atoms with Crippen LogP contribution in [0.15, 0.2) is 24.3 Å². The number of nitrogens with one attached hydrogen (secondary N) is 1. The van der Waals surface area contributed by atoms with Gasteiger partial charge in [0.15, 0.2) is 0 Å². The number of fused-ring (bicyclic) bond motifs is 2. The molecule has 116 valence electrons. The average molecular weight is 301 g/mol. The highest BCUT2D eigenvalue weighted by atomic mass is 16.5. The molecule has 5 nitrogen and oxygen atoms in total. The molecule has 1 aromatic carbocycles. The van der Waals surface area contributed by atoms with Gasteiger partial charge in [-0.3, -0.25) is 9.59 Å². The fourth-order valence-corrected chi connectivity index (χ4v) is 4.41. The summed E-state index contributed by atoms with van der Waals surface area (Å²) in [5.41, 5.74) is 0.0813. The summed E-state index contributed by atoms with van der Waals surface area (Å²) >= 11 is 0. The van der Waals surface area contributed by atoms with Crippen molar-refractivity contribution < 1.29 is 19.4 Å². The Bertz CT molecular complexity index is 648. The van der Waals surface area contributed by atoms with Crippen LogP contribution >= 0.6 is 0 Å². The second kappa shape index (κ2) is 4.48. The van der Waals surface area contributed by atoms with Crippen LogP contribution in [-0.4, -0.2) is 30.1 Å². The first-order valence-electron chi connectivity index (χ1n) is 7.78. The molecule has 1 aromatic rings. The smallest absolute Gasteiger partial charge is 0.309 e. The van der Waals surface area contributed by atoms with Gasteiger partial charge >= 0.3 is 5.97 Å². The monoisotopic (exact) mass is 301 g/mol. The van der Waals surface area contributed by atoms with Gasteiger partial charge in [0.05, 0.1) is 17.4 Å². The van der Waals surface area contributed by atoms with E-state index in [1.54, 1.807) is 0 Å². The lowest BCUT2D eigenvalue weighted by Gasteiger charge is -2.43. The van der Waals surface area contributed by atoms with E-state index in [0.717, 1.165) is 11.3 Å². The van der Waals surface area contributed by atoms with Crippen molar-refractivity contribution in [3.05, 3.63) is 29.8 Å². The minimum absolute atomic E-state index is 0.0197. The molecule has 5 heteroatoms. The van der Waals surface area contributed by atoms with Crippen molar-refractivity contribution in [2.45, 2.75) is 31.6 Å². The first kappa shape index (κ1) is 13.6. The molecule has 3 saturated carbocycles. The molecule has 1 amide bonds. The number of hydrogen-bond acceptors (Lipinski definition) is 3. The van der Waals surface area contributed by atoms with Crippen molar-refractivity contribution in [3.8, 4) is 5.75 Å². The molecule has 3 fully saturated rings. The molecule has 2 bridgehead atoms. The van der Waals surface area contributed by atoms with Gasteiger partial charge in [-0.2, -0.15) is 0 Å². The van der Waals surface area contributed by atoms with Crippen LogP contribution in [0.1, 0.15) is 37.2 Å². The summed E-state index contributed by atoms with van der Waals surface area (Å²) in [6.07, 6.45) is 2.33. The highest BCUT2D eigenvalue weighted by Crippen LogP contribution is 2.67. The van der Waals surface area contributed by atoms with E-state index in [2.05, 4.69) is 5.32 Å². The van der Waals surface area contributed by atoms with Crippen LogP contribution in [0, 0.1) is 10.8 Å². The molecule has 0 saturated heterocycles. The number of benzene rings is 1. The second-order valence-corrected chi connectivity index (χ2v) is 6.98. The van der Waals surface area contributed by atoms with Crippen LogP contribution in [0.2, 0.25) is 0 Å². The van der Waals surface area contributed by atoms with E-state index < -0.39 is 16.8 Å². The number of amides is 1. The highest BCUT2D eigenvalue weighted by Gasteiger charge is 2.67. The molecule has 4 aliphatic rings. The minimum atomic E-state index is -0.744. The van der Waals surface area contributed by atoms with E-state index in [1.165, 1.54) is 0 Å². The molecule has 0 aromatic heterocycles.